The molecule has 3 nitrogen and oxygen atoms in total. The van der Waals surface area contributed by atoms with E-state index in [1.165, 1.54) is 11.3 Å². The van der Waals surface area contributed by atoms with Crippen molar-refractivity contribution in [3.63, 3.8) is 0 Å². The van der Waals surface area contributed by atoms with Crippen molar-refractivity contribution in [3.8, 4) is 0 Å². The molecule has 1 aromatic rings. The van der Waals surface area contributed by atoms with Crippen LogP contribution in [0.15, 0.2) is 24.3 Å². The minimum absolute atomic E-state index is 0.565. The van der Waals surface area contributed by atoms with Crippen LogP contribution < -0.4 is 10.2 Å². The van der Waals surface area contributed by atoms with E-state index in [9.17, 15) is 0 Å². The van der Waals surface area contributed by atoms with Crippen LogP contribution in [0.25, 0.3) is 0 Å². The van der Waals surface area contributed by atoms with Crippen LogP contribution in [0.3, 0.4) is 0 Å². The lowest BCUT2D eigenvalue weighted by atomic mass is 10.2. The summed E-state index contributed by atoms with van der Waals surface area (Å²) in [6.45, 7) is 7.48. The second-order valence-corrected chi connectivity index (χ2v) is 5.41. The zero-order chi connectivity index (χ0) is 13.5. The molecule has 0 spiro atoms. The fraction of sp³-hybridized carbons (Fsp3) is 0.600. The predicted molar refractivity (Wildman–Crippen MR) is 80.2 cm³/mol. The van der Waals surface area contributed by atoms with E-state index in [0.717, 1.165) is 19.6 Å². The number of benzene rings is 1. The number of nitrogens with one attached hydrogen (secondary N) is 1. The Balaban J connectivity index is 2.43. The van der Waals surface area contributed by atoms with E-state index in [4.69, 9.17) is 0 Å². The molecule has 0 aliphatic heterocycles. The summed E-state index contributed by atoms with van der Waals surface area (Å²) >= 11 is 0. The van der Waals surface area contributed by atoms with Crippen LogP contribution >= 0.6 is 0 Å². The maximum atomic E-state index is 3.44. The van der Waals surface area contributed by atoms with Gasteiger partial charge in [-0.2, -0.15) is 0 Å². The van der Waals surface area contributed by atoms with Gasteiger partial charge in [0.2, 0.25) is 0 Å². The van der Waals surface area contributed by atoms with Crippen molar-refractivity contribution in [1.82, 2.24) is 10.2 Å². The first-order valence-electron chi connectivity index (χ1n) is 6.67. The van der Waals surface area contributed by atoms with Gasteiger partial charge in [-0.3, -0.25) is 0 Å². The monoisotopic (exact) mass is 249 g/mol. The summed E-state index contributed by atoms with van der Waals surface area (Å²) in [5, 5.41) is 3.44. The summed E-state index contributed by atoms with van der Waals surface area (Å²) in [7, 11) is 6.33. The van der Waals surface area contributed by atoms with Crippen molar-refractivity contribution in [1.29, 1.82) is 0 Å². The fourth-order valence-corrected chi connectivity index (χ4v) is 1.87. The molecular formula is C15H27N3. The summed E-state index contributed by atoms with van der Waals surface area (Å²) in [4.78, 5) is 4.49. The molecule has 0 aromatic heterocycles. The third-order valence-corrected chi connectivity index (χ3v) is 2.93. The molecule has 0 radical (unpaired) electrons. The van der Waals surface area contributed by atoms with E-state index < -0.39 is 0 Å². The minimum atomic E-state index is 0.565. The van der Waals surface area contributed by atoms with Gasteiger partial charge in [0.15, 0.2) is 0 Å². The molecule has 0 saturated heterocycles. The minimum Gasteiger partial charge on any atom is -0.378 e. The molecule has 0 aliphatic rings. The highest BCUT2D eigenvalue weighted by Crippen LogP contribution is 2.14. The Morgan fingerprint density at radius 3 is 2.50 bits per heavy atom. The molecule has 3 heteroatoms. The van der Waals surface area contributed by atoms with E-state index in [2.05, 4.69) is 74.4 Å². The topological polar surface area (TPSA) is 18.5 Å². The number of hydrogen-bond acceptors (Lipinski definition) is 3. The summed E-state index contributed by atoms with van der Waals surface area (Å²) in [5.41, 5.74) is 2.63. The van der Waals surface area contributed by atoms with E-state index in [-0.39, 0.29) is 0 Å². The largest absolute Gasteiger partial charge is 0.378 e. The third kappa shape index (κ3) is 5.52. The van der Waals surface area contributed by atoms with Gasteiger partial charge in [0.25, 0.3) is 0 Å². The number of likely N-dealkylation sites (N-methyl/N-ethyl adjacent to an activating group) is 1. The highest BCUT2D eigenvalue weighted by atomic mass is 15.1. The summed E-state index contributed by atoms with van der Waals surface area (Å²) < 4.78 is 0. The quantitative estimate of drug-likeness (QED) is 0.799. The fourth-order valence-electron chi connectivity index (χ4n) is 1.87. The Bertz CT molecular complexity index is 347. The molecule has 18 heavy (non-hydrogen) atoms. The van der Waals surface area contributed by atoms with Gasteiger partial charge >= 0.3 is 0 Å². The number of anilines is 1. The predicted octanol–water partition coefficient (Wildman–Crippen LogP) is 2.18. The number of hydrogen-bond donors (Lipinski definition) is 1. The normalized spacial score (nSPS) is 11.3. The zero-order valence-electron chi connectivity index (χ0n) is 12.4. The Morgan fingerprint density at radius 1 is 1.17 bits per heavy atom. The second kappa shape index (κ2) is 7.39. The van der Waals surface area contributed by atoms with Crippen LogP contribution in [0.5, 0.6) is 0 Å². The van der Waals surface area contributed by atoms with Gasteiger partial charge in [0.1, 0.15) is 0 Å². The summed E-state index contributed by atoms with van der Waals surface area (Å²) in [6.07, 6.45) is 0. The maximum Gasteiger partial charge on any atom is 0.0364 e. The van der Waals surface area contributed by atoms with Crippen LogP contribution in [0, 0.1) is 0 Å². The molecule has 0 aliphatic carbocycles. The van der Waals surface area contributed by atoms with Gasteiger partial charge < -0.3 is 15.1 Å². The standard InChI is InChI=1S/C15H27N3/c1-13(2)16-9-10-18(5)12-14-7-6-8-15(11-14)17(3)4/h6-8,11,13,16H,9-10,12H2,1-5H3. The lowest BCUT2D eigenvalue weighted by Crippen LogP contribution is -2.32. The summed E-state index contributed by atoms with van der Waals surface area (Å²) in [6, 6.07) is 9.29. The average Bonchev–Trinajstić information content (AvgIpc) is 2.28. The van der Waals surface area contributed by atoms with Crippen molar-refractivity contribution < 1.29 is 0 Å². The van der Waals surface area contributed by atoms with Crippen LogP contribution in [0.1, 0.15) is 19.4 Å². The maximum absolute atomic E-state index is 3.44. The lowest BCUT2D eigenvalue weighted by molar-refractivity contribution is 0.320. The third-order valence-electron chi connectivity index (χ3n) is 2.93. The number of nitrogens with zero attached hydrogens (tertiary/aromatic N) is 2. The zero-order valence-corrected chi connectivity index (χ0v) is 12.4. The first-order valence-corrected chi connectivity index (χ1v) is 6.67. The van der Waals surface area contributed by atoms with Gasteiger partial charge in [0, 0.05) is 45.5 Å². The molecule has 1 N–H and O–H groups in total. The van der Waals surface area contributed by atoms with E-state index in [1.54, 1.807) is 0 Å². The van der Waals surface area contributed by atoms with Crippen molar-refractivity contribution in [2.45, 2.75) is 26.4 Å². The Morgan fingerprint density at radius 2 is 1.89 bits per heavy atom. The van der Waals surface area contributed by atoms with E-state index >= 15 is 0 Å². The molecule has 0 unspecified atom stereocenters. The van der Waals surface area contributed by atoms with Crippen molar-refractivity contribution in [3.05, 3.63) is 29.8 Å². The van der Waals surface area contributed by atoms with Crippen molar-refractivity contribution >= 4 is 5.69 Å². The Labute approximate surface area is 112 Å². The van der Waals surface area contributed by atoms with E-state index in [1.807, 2.05) is 0 Å². The molecule has 0 heterocycles. The molecule has 0 saturated carbocycles. The van der Waals surface area contributed by atoms with Crippen LogP contribution in [0.2, 0.25) is 0 Å². The lowest BCUT2D eigenvalue weighted by Gasteiger charge is -2.19. The van der Waals surface area contributed by atoms with Crippen LogP contribution in [-0.4, -0.2) is 45.2 Å². The molecule has 0 amide bonds. The van der Waals surface area contributed by atoms with Crippen molar-refractivity contribution in [2.24, 2.45) is 0 Å². The van der Waals surface area contributed by atoms with Crippen LogP contribution in [-0.2, 0) is 6.54 Å². The molecule has 1 aromatic carbocycles. The molecule has 0 atom stereocenters. The highest BCUT2D eigenvalue weighted by Gasteiger charge is 2.02. The SMILES string of the molecule is CC(C)NCCN(C)Cc1cccc(N(C)C)c1. The molecule has 0 fully saturated rings. The van der Waals surface area contributed by atoms with Gasteiger partial charge in [0.05, 0.1) is 0 Å². The van der Waals surface area contributed by atoms with Crippen molar-refractivity contribution in [2.75, 3.05) is 39.1 Å². The molecule has 102 valence electrons. The van der Waals surface area contributed by atoms with E-state index in [0.29, 0.717) is 6.04 Å². The highest BCUT2D eigenvalue weighted by molar-refractivity contribution is 5.47. The Kier molecular flexibility index (Phi) is 6.16. The first kappa shape index (κ1) is 15.0. The number of rotatable bonds is 7. The summed E-state index contributed by atoms with van der Waals surface area (Å²) in [5.74, 6) is 0. The van der Waals surface area contributed by atoms with Crippen LogP contribution in [0.4, 0.5) is 5.69 Å². The Hall–Kier alpha value is -1.06. The smallest absolute Gasteiger partial charge is 0.0364 e. The van der Waals surface area contributed by atoms with Gasteiger partial charge in [-0.05, 0) is 24.7 Å². The van der Waals surface area contributed by atoms with Gasteiger partial charge in [-0.15, -0.1) is 0 Å². The molecule has 1 rings (SSSR count). The molecule has 0 bridgehead atoms. The van der Waals surface area contributed by atoms with Gasteiger partial charge in [-0.1, -0.05) is 26.0 Å². The second-order valence-electron chi connectivity index (χ2n) is 5.41. The van der Waals surface area contributed by atoms with Gasteiger partial charge in [-0.25, -0.2) is 0 Å². The first-order chi connectivity index (χ1) is 8.49. The average molecular weight is 249 g/mol. The molecular weight excluding hydrogens is 222 g/mol.